The Hall–Kier alpha value is -2.37. The predicted octanol–water partition coefficient (Wildman–Crippen LogP) is 2.19. The summed E-state index contributed by atoms with van der Waals surface area (Å²) in [5.74, 6) is -0.182. The Labute approximate surface area is 116 Å². The topological polar surface area (TPSA) is 56.2 Å². The van der Waals surface area contributed by atoms with E-state index in [9.17, 15) is 9.18 Å². The van der Waals surface area contributed by atoms with E-state index in [-0.39, 0.29) is 18.3 Å². The fourth-order valence-electron chi connectivity index (χ4n) is 1.81. The van der Waals surface area contributed by atoms with Crippen LogP contribution in [-0.2, 0) is 11.8 Å². The third-order valence-electron chi connectivity index (χ3n) is 2.96. The van der Waals surface area contributed by atoms with Crippen LogP contribution in [-0.4, -0.2) is 22.3 Å². The molecule has 0 saturated heterocycles. The Kier molecular flexibility index (Phi) is 4.02. The molecule has 0 radical (unpaired) electrons. The fourth-order valence-corrected chi connectivity index (χ4v) is 1.81. The predicted molar refractivity (Wildman–Crippen MR) is 73.2 cm³/mol. The van der Waals surface area contributed by atoms with Crippen LogP contribution in [0.4, 0.5) is 10.1 Å². The lowest BCUT2D eigenvalue weighted by atomic mass is 10.3. The second-order valence-electron chi connectivity index (χ2n) is 4.46. The van der Waals surface area contributed by atoms with E-state index >= 15 is 0 Å². The van der Waals surface area contributed by atoms with Gasteiger partial charge in [0.1, 0.15) is 11.6 Å². The van der Waals surface area contributed by atoms with Crippen LogP contribution < -0.4 is 10.1 Å². The minimum absolute atomic E-state index is 0.139. The summed E-state index contributed by atoms with van der Waals surface area (Å²) < 4.78 is 19.7. The number of nitrogens with zero attached hydrogens (tertiary/aromatic N) is 2. The molecule has 0 aliphatic carbocycles. The van der Waals surface area contributed by atoms with Gasteiger partial charge >= 0.3 is 0 Å². The molecule has 5 nitrogen and oxygen atoms in total. The molecule has 0 aliphatic heterocycles. The Bertz CT molecular complexity index is 620. The van der Waals surface area contributed by atoms with E-state index in [4.69, 9.17) is 4.74 Å². The Morgan fingerprint density at radius 1 is 1.35 bits per heavy atom. The van der Waals surface area contributed by atoms with Crippen LogP contribution >= 0.6 is 0 Å². The van der Waals surface area contributed by atoms with Gasteiger partial charge in [0.15, 0.2) is 6.61 Å². The molecule has 2 rings (SSSR count). The third kappa shape index (κ3) is 3.14. The van der Waals surface area contributed by atoms with Gasteiger partial charge < -0.3 is 10.1 Å². The molecule has 0 atom stereocenters. The molecule has 1 heterocycles. The van der Waals surface area contributed by atoms with E-state index in [0.717, 1.165) is 11.4 Å². The third-order valence-corrected chi connectivity index (χ3v) is 2.96. The minimum Gasteiger partial charge on any atom is -0.484 e. The molecular weight excluding hydrogens is 261 g/mol. The fraction of sp³-hybridized carbons (Fsp3) is 0.286. The van der Waals surface area contributed by atoms with Crippen molar-refractivity contribution in [3.8, 4) is 5.75 Å². The van der Waals surface area contributed by atoms with Crippen molar-refractivity contribution in [2.24, 2.45) is 7.05 Å². The van der Waals surface area contributed by atoms with Gasteiger partial charge in [-0.2, -0.15) is 5.10 Å². The maximum Gasteiger partial charge on any atom is 0.262 e. The van der Waals surface area contributed by atoms with Crippen molar-refractivity contribution in [1.29, 1.82) is 0 Å². The molecular formula is C14H16FN3O2. The van der Waals surface area contributed by atoms with Gasteiger partial charge in [0.05, 0.1) is 17.1 Å². The second-order valence-corrected chi connectivity index (χ2v) is 4.46. The van der Waals surface area contributed by atoms with Crippen LogP contribution in [0.3, 0.4) is 0 Å². The standard InChI is InChI=1S/C14H16FN3O2/c1-9-14(10(2)18(3)17-9)16-13(19)8-20-12-6-4-11(15)5-7-12/h4-7H,8H2,1-3H3,(H,16,19). The Morgan fingerprint density at radius 2 is 2.00 bits per heavy atom. The highest BCUT2D eigenvalue weighted by molar-refractivity contribution is 5.93. The first kappa shape index (κ1) is 14.0. The number of carbonyl (C=O) groups is 1. The van der Waals surface area contributed by atoms with E-state index in [2.05, 4.69) is 10.4 Å². The van der Waals surface area contributed by atoms with Gasteiger partial charge in [0.2, 0.25) is 0 Å². The summed E-state index contributed by atoms with van der Waals surface area (Å²) in [4.78, 5) is 11.8. The number of aromatic nitrogens is 2. The summed E-state index contributed by atoms with van der Waals surface area (Å²) in [5, 5.41) is 6.97. The maximum atomic E-state index is 12.7. The number of hydrogen-bond acceptors (Lipinski definition) is 3. The van der Waals surface area contributed by atoms with Gasteiger partial charge in [0.25, 0.3) is 5.91 Å². The van der Waals surface area contributed by atoms with Crippen molar-refractivity contribution in [3.05, 3.63) is 41.5 Å². The number of rotatable bonds is 4. The average Bonchev–Trinajstić information content (AvgIpc) is 2.65. The molecule has 1 aromatic carbocycles. The number of ether oxygens (including phenoxy) is 1. The van der Waals surface area contributed by atoms with Crippen molar-refractivity contribution in [3.63, 3.8) is 0 Å². The SMILES string of the molecule is Cc1nn(C)c(C)c1NC(=O)COc1ccc(F)cc1. The van der Waals surface area contributed by atoms with Crippen molar-refractivity contribution >= 4 is 11.6 Å². The number of amides is 1. The molecule has 1 amide bonds. The van der Waals surface area contributed by atoms with Crippen LogP contribution in [0, 0.1) is 19.7 Å². The molecule has 106 valence electrons. The van der Waals surface area contributed by atoms with E-state index in [0.29, 0.717) is 11.4 Å². The molecule has 6 heteroatoms. The summed E-state index contributed by atoms with van der Waals surface area (Å²) in [6.45, 7) is 3.55. The molecule has 0 unspecified atom stereocenters. The van der Waals surface area contributed by atoms with Gasteiger partial charge in [-0.25, -0.2) is 4.39 Å². The van der Waals surface area contributed by atoms with Crippen LogP contribution in [0.1, 0.15) is 11.4 Å². The lowest BCUT2D eigenvalue weighted by Crippen LogP contribution is -2.20. The van der Waals surface area contributed by atoms with E-state index in [1.807, 2.05) is 20.9 Å². The molecule has 0 fully saturated rings. The summed E-state index contributed by atoms with van der Waals surface area (Å²) in [7, 11) is 1.81. The van der Waals surface area contributed by atoms with Crippen LogP contribution in [0.5, 0.6) is 5.75 Å². The highest BCUT2D eigenvalue weighted by Gasteiger charge is 2.12. The lowest BCUT2D eigenvalue weighted by Gasteiger charge is -2.07. The van der Waals surface area contributed by atoms with E-state index < -0.39 is 0 Å². The first-order valence-electron chi connectivity index (χ1n) is 6.16. The number of carbonyl (C=O) groups excluding carboxylic acids is 1. The van der Waals surface area contributed by atoms with Gasteiger partial charge in [-0.05, 0) is 38.1 Å². The van der Waals surface area contributed by atoms with Crippen molar-refractivity contribution in [2.75, 3.05) is 11.9 Å². The number of hydrogen-bond donors (Lipinski definition) is 1. The summed E-state index contributed by atoms with van der Waals surface area (Å²) >= 11 is 0. The van der Waals surface area contributed by atoms with Crippen LogP contribution in [0.2, 0.25) is 0 Å². The van der Waals surface area contributed by atoms with Gasteiger partial charge in [-0.15, -0.1) is 0 Å². The van der Waals surface area contributed by atoms with Crippen LogP contribution in [0.25, 0.3) is 0 Å². The molecule has 1 N–H and O–H groups in total. The first-order valence-corrected chi connectivity index (χ1v) is 6.16. The molecule has 2 aromatic rings. The number of nitrogens with one attached hydrogen (secondary N) is 1. The van der Waals surface area contributed by atoms with E-state index in [1.54, 1.807) is 4.68 Å². The summed E-state index contributed by atoms with van der Waals surface area (Å²) in [6, 6.07) is 5.51. The molecule has 20 heavy (non-hydrogen) atoms. The smallest absolute Gasteiger partial charge is 0.262 e. The highest BCUT2D eigenvalue weighted by atomic mass is 19.1. The lowest BCUT2D eigenvalue weighted by molar-refractivity contribution is -0.118. The molecule has 1 aromatic heterocycles. The van der Waals surface area contributed by atoms with Gasteiger partial charge in [0, 0.05) is 7.05 Å². The molecule has 0 saturated carbocycles. The molecule has 0 aliphatic rings. The number of halogens is 1. The number of aryl methyl sites for hydroxylation is 2. The number of benzene rings is 1. The van der Waals surface area contributed by atoms with Gasteiger partial charge in [-0.1, -0.05) is 0 Å². The normalized spacial score (nSPS) is 10.4. The van der Waals surface area contributed by atoms with Crippen LogP contribution in [0.15, 0.2) is 24.3 Å². The Balaban J connectivity index is 1.94. The zero-order chi connectivity index (χ0) is 14.7. The quantitative estimate of drug-likeness (QED) is 0.932. The highest BCUT2D eigenvalue weighted by Crippen LogP contribution is 2.18. The Morgan fingerprint density at radius 3 is 2.55 bits per heavy atom. The summed E-state index contributed by atoms with van der Waals surface area (Å²) in [6.07, 6.45) is 0. The number of anilines is 1. The van der Waals surface area contributed by atoms with Crippen molar-refractivity contribution in [2.45, 2.75) is 13.8 Å². The summed E-state index contributed by atoms with van der Waals surface area (Å²) in [5.41, 5.74) is 2.32. The molecule has 0 spiro atoms. The maximum absolute atomic E-state index is 12.7. The monoisotopic (exact) mass is 277 g/mol. The molecule has 0 bridgehead atoms. The first-order chi connectivity index (χ1) is 9.47. The minimum atomic E-state index is -0.344. The zero-order valence-electron chi connectivity index (χ0n) is 11.6. The average molecular weight is 277 g/mol. The zero-order valence-corrected chi connectivity index (χ0v) is 11.6. The van der Waals surface area contributed by atoms with E-state index in [1.165, 1.54) is 24.3 Å². The second kappa shape index (κ2) is 5.73. The van der Waals surface area contributed by atoms with Gasteiger partial charge in [-0.3, -0.25) is 9.48 Å². The van der Waals surface area contributed by atoms with Crippen molar-refractivity contribution in [1.82, 2.24) is 9.78 Å². The van der Waals surface area contributed by atoms with Crippen molar-refractivity contribution < 1.29 is 13.9 Å². The largest absolute Gasteiger partial charge is 0.484 e.